The summed E-state index contributed by atoms with van der Waals surface area (Å²) in [6, 6.07) is 0. The highest BCUT2D eigenvalue weighted by atomic mass is 17.5. The van der Waals surface area contributed by atoms with Crippen LogP contribution in [-0.2, 0) is 9.93 Å². The van der Waals surface area contributed by atoms with Crippen molar-refractivity contribution in [1.82, 2.24) is 0 Å². The average Bonchev–Trinajstić information content (AvgIpc) is 2.56. The maximum absolute atomic E-state index is 8.82. The summed E-state index contributed by atoms with van der Waals surface area (Å²) >= 11 is 0. The van der Waals surface area contributed by atoms with Crippen LogP contribution in [0.2, 0.25) is 0 Å². The minimum Gasteiger partial charge on any atom is -0.221 e. The van der Waals surface area contributed by atoms with E-state index in [2.05, 4.69) is 25.8 Å². The molecule has 0 saturated heterocycles. The minimum atomic E-state index is -0.276. The Hall–Kier alpha value is -0.120. The quantitative estimate of drug-likeness (QED) is 0.161. The Morgan fingerprint density at radius 2 is 0.957 bits per heavy atom. The molecule has 23 heavy (non-hydrogen) atoms. The fourth-order valence-electron chi connectivity index (χ4n) is 3.33. The summed E-state index contributed by atoms with van der Waals surface area (Å²) in [5.74, 6) is 0. The van der Waals surface area contributed by atoms with Crippen LogP contribution in [0.15, 0.2) is 0 Å². The van der Waals surface area contributed by atoms with Crippen molar-refractivity contribution < 1.29 is 15.2 Å². The van der Waals surface area contributed by atoms with Crippen LogP contribution in [0.3, 0.4) is 0 Å². The molecule has 0 fully saturated rings. The molecule has 0 aromatic heterocycles. The van der Waals surface area contributed by atoms with Crippen molar-refractivity contribution in [1.29, 1.82) is 0 Å². The molecule has 0 aromatic carbocycles. The normalized spacial score (nSPS) is 12.0. The molecule has 3 heteroatoms. The van der Waals surface area contributed by atoms with E-state index in [0.29, 0.717) is 0 Å². The fourth-order valence-corrected chi connectivity index (χ4v) is 3.33. The highest BCUT2D eigenvalue weighted by molar-refractivity contribution is 4.79. The molecule has 0 aliphatic heterocycles. The second-order valence-corrected chi connectivity index (χ2v) is 7.13. The molecule has 0 aliphatic carbocycles. The number of hydrogen-bond donors (Lipinski definition) is 1. The van der Waals surface area contributed by atoms with Crippen LogP contribution in [0.4, 0.5) is 0 Å². The molecule has 0 unspecified atom stereocenters. The zero-order valence-corrected chi connectivity index (χ0v) is 16.1. The lowest BCUT2D eigenvalue weighted by Crippen LogP contribution is -2.32. The molecular formula is C20H42O3. The maximum atomic E-state index is 8.82. The first kappa shape index (κ1) is 22.9. The molecule has 3 nitrogen and oxygen atoms in total. The number of rotatable bonds is 18. The van der Waals surface area contributed by atoms with Crippen LogP contribution in [-0.4, -0.2) is 10.9 Å². The Labute approximate surface area is 145 Å². The molecule has 0 atom stereocenters. The molecule has 0 amide bonds. The summed E-state index contributed by atoms with van der Waals surface area (Å²) < 4.78 is 0. The van der Waals surface area contributed by atoms with Gasteiger partial charge in [0.15, 0.2) is 0 Å². The van der Waals surface area contributed by atoms with Crippen molar-refractivity contribution in [2.45, 2.75) is 129 Å². The van der Waals surface area contributed by atoms with Gasteiger partial charge in [-0.05, 0) is 19.3 Å². The van der Waals surface area contributed by atoms with Gasteiger partial charge in [-0.15, -0.1) is 0 Å². The van der Waals surface area contributed by atoms with Crippen molar-refractivity contribution in [3.63, 3.8) is 0 Å². The lowest BCUT2D eigenvalue weighted by Gasteiger charge is -2.31. The molecule has 0 saturated carbocycles. The summed E-state index contributed by atoms with van der Waals surface area (Å²) in [6.45, 7) is 6.66. The van der Waals surface area contributed by atoms with Gasteiger partial charge in [0.1, 0.15) is 5.60 Å². The summed E-state index contributed by atoms with van der Waals surface area (Å²) in [7, 11) is 0. The van der Waals surface area contributed by atoms with E-state index in [9.17, 15) is 0 Å². The second-order valence-electron chi connectivity index (χ2n) is 7.13. The fraction of sp³-hybridized carbons (Fsp3) is 1.00. The monoisotopic (exact) mass is 330 g/mol. The summed E-state index contributed by atoms with van der Waals surface area (Å²) in [6.07, 6.45) is 19.5. The highest BCUT2D eigenvalue weighted by Crippen LogP contribution is 2.32. The van der Waals surface area contributed by atoms with Crippen LogP contribution >= 0.6 is 0 Å². The lowest BCUT2D eigenvalue weighted by atomic mass is 9.85. The first-order chi connectivity index (χ1) is 11.2. The first-order valence-electron chi connectivity index (χ1n) is 10.2. The lowest BCUT2D eigenvalue weighted by molar-refractivity contribution is -0.528. The van der Waals surface area contributed by atoms with Gasteiger partial charge in [0, 0.05) is 0 Å². The predicted octanol–water partition coefficient (Wildman–Crippen LogP) is 7.45. The molecule has 0 bridgehead atoms. The Bertz CT molecular complexity index is 223. The predicted molar refractivity (Wildman–Crippen MR) is 98.4 cm³/mol. The number of unbranched alkanes of at least 4 members (excludes halogenated alkanes) is 10. The van der Waals surface area contributed by atoms with Gasteiger partial charge in [0.25, 0.3) is 0 Å². The topological polar surface area (TPSA) is 38.7 Å². The third-order valence-electron chi connectivity index (χ3n) is 4.92. The van der Waals surface area contributed by atoms with Gasteiger partial charge in [-0.1, -0.05) is 109 Å². The standard InChI is InChI=1S/C20H42O3/c1-4-7-10-11-12-13-14-15-16-19-20(22-23-21,17-8-5-2)18-9-6-3/h21H,4-19H2,1-3H3. The minimum absolute atomic E-state index is 0.276. The molecule has 1 N–H and O–H groups in total. The zero-order valence-electron chi connectivity index (χ0n) is 16.1. The van der Waals surface area contributed by atoms with Gasteiger partial charge in [-0.2, -0.15) is 4.89 Å². The van der Waals surface area contributed by atoms with Crippen molar-refractivity contribution in [2.75, 3.05) is 0 Å². The third kappa shape index (κ3) is 12.9. The van der Waals surface area contributed by atoms with Crippen molar-refractivity contribution >= 4 is 0 Å². The third-order valence-corrected chi connectivity index (χ3v) is 4.92. The molecule has 140 valence electrons. The van der Waals surface area contributed by atoms with Gasteiger partial charge in [-0.3, -0.25) is 0 Å². The SMILES string of the molecule is CCCCCCCCCCCC(CCCC)(CCCC)OOO. The van der Waals surface area contributed by atoms with Gasteiger partial charge >= 0.3 is 0 Å². The van der Waals surface area contributed by atoms with Gasteiger partial charge in [0.2, 0.25) is 0 Å². The highest BCUT2D eigenvalue weighted by Gasteiger charge is 2.31. The zero-order chi connectivity index (χ0) is 17.2. The van der Waals surface area contributed by atoms with Crippen LogP contribution < -0.4 is 0 Å². The largest absolute Gasteiger partial charge is 0.221 e. The van der Waals surface area contributed by atoms with E-state index in [-0.39, 0.29) is 5.60 Å². The van der Waals surface area contributed by atoms with E-state index in [1.165, 1.54) is 57.8 Å². The maximum Gasteiger partial charge on any atom is 0.107 e. The summed E-state index contributed by atoms with van der Waals surface area (Å²) in [5, 5.41) is 13.0. The molecule has 0 aromatic rings. The smallest absolute Gasteiger partial charge is 0.107 e. The van der Waals surface area contributed by atoms with E-state index >= 15 is 0 Å². The van der Waals surface area contributed by atoms with E-state index in [1.54, 1.807) is 0 Å². The molecule has 0 aliphatic rings. The summed E-state index contributed by atoms with van der Waals surface area (Å²) in [4.78, 5) is 5.36. The molecular weight excluding hydrogens is 288 g/mol. The van der Waals surface area contributed by atoms with Crippen LogP contribution in [0.1, 0.15) is 124 Å². The van der Waals surface area contributed by atoms with Crippen LogP contribution in [0, 0.1) is 0 Å². The number of hydrogen-bond acceptors (Lipinski definition) is 3. The molecule has 0 radical (unpaired) electrons. The Kier molecular flexibility index (Phi) is 16.6. The molecule has 0 rings (SSSR count). The van der Waals surface area contributed by atoms with E-state index < -0.39 is 0 Å². The Balaban J connectivity index is 3.96. The van der Waals surface area contributed by atoms with Gasteiger partial charge in [-0.25, -0.2) is 5.26 Å². The second kappa shape index (κ2) is 16.7. The van der Waals surface area contributed by atoms with Crippen LogP contribution in [0.5, 0.6) is 0 Å². The molecule has 0 heterocycles. The van der Waals surface area contributed by atoms with Crippen molar-refractivity contribution in [3.05, 3.63) is 0 Å². The van der Waals surface area contributed by atoms with Crippen LogP contribution in [0.25, 0.3) is 0 Å². The van der Waals surface area contributed by atoms with E-state index in [0.717, 1.165) is 44.9 Å². The first-order valence-corrected chi connectivity index (χ1v) is 10.2. The average molecular weight is 331 g/mol. The van der Waals surface area contributed by atoms with E-state index in [4.69, 9.17) is 10.1 Å². The summed E-state index contributed by atoms with van der Waals surface area (Å²) in [5.41, 5.74) is -0.276. The van der Waals surface area contributed by atoms with Crippen molar-refractivity contribution in [3.8, 4) is 0 Å². The van der Waals surface area contributed by atoms with E-state index in [1.807, 2.05) is 0 Å². The van der Waals surface area contributed by atoms with Crippen molar-refractivity contribution in [2.24, 2.45) is 0 Å². The Morgan fingerprint density at radius 3 is 1.39 bits per heavy atom. The Morgan fingerprint density at radius 1 is 0.565 bits per heavy atom. The van der Waals surface area contributed by atoms with Gasteiger partial charge in [0.05, 0.1) is 0 Å². The van der Waals surface area contributed by atoms with Gasteiger partial charge < -0.3 is 0 Å². The molecule has 0 spiro atoms.